The van der Waals surface area contributed by atoms with Gasteiger partial charge in [0.1, 0.15) is 6.54 Å². The van der Waals surface area contributed by atoms with Crippen molar-refractivity contribution in [1.82, 2.24) is 9.80 Å². The molecule has 0 atom stereocenters. The van der Waals surface area contributed by atoms with E-state index in [4.69, 9.17) is 11.6 Å². The topological polar surface area (TPSA) is 43.9 Å². The molecule has 0 N–H and O–H groups in total. The summed E-state index contributed by atoms with van der Waals surface area (Å²) in [6.45, 7) is 1.72. The van der Waals surface area contributed by atoms with Crippen molar-refractivity contribution in [3.05, 3.63) is 65.2 Å². The molecule has 0 saturated carbocycles. The number of urea groups is 1. The van der Waals surface area contributed by atoms with Crippen LogP contribution in [0.3, 0.4) is 0 Å². The molecular weight excluding hydrogens is 338 g/mol. The lowest BCUT2D eigenvalue weighted by Crippen LogP contribution is -2.40. The van der Waals surface area contributed by atoms with Gasteiger partial charge in [0.2, 0.25) is 5.91 Å². The lowest BCUT2D eigenvalue weighted by molar-refractivity contribution is -0.130. The van der Waals surface area contributed by atoms with Crippen molar-refractivity contribution in [1.29, 1.82) is 0 Å². The van der Waals surface area contributed by atoms with E-state index in [1.54, 1.807) is 33.9 Å². The van der Waals surface area contributed by atoms with E-state index in [-0.39, 0.29) is 18.5 Å². The zero-order valence-corrected chi connectivity index (χ0v) is 14.8. The van der Waals surface area contributed by atoms with Crippen LogP contribution in [0.5, 0.6) is 0 Å². The van der Waals surface area contributed by atoms with Gasteiger partial charge in [-0.1, -0.05) is 41.9 Å². The van der Waals surface area contributed by atoms with E-state index in [0.29, 0.717) is 24.7 Å². The third-order valence-corrected chi connectivity index (χ3v) is 4.50. The molecule has 3 rings (SSSR count). The van der Waals surface area contributed by atoms with Gasteiger partial charge >= 0.3 is 6.03 Å². The van der Waals surface area contributed by atoms with Crippen molar-refractivity contribution in [3.63, 3.8) is 0 Å². The molecular formula is C19H20ClN3O2. The van der Waals surface area contributed by atoms with Crippen LogP contribution in [0.1, 0.15) is 5.56 Å². The smallest absolute Gasteiger partial charge is 0.325 e. The predicted molar refractivity (Wildman–Crippen MR) is 98.7 cm³/mol. The highest BCUT2D eigenvalue weighted by atomic mass is 35.5. The van der Waals surface area contributed by atoms with Crippen LogP contribution in [0.4, 0.5) is 10.5 Å². The molecule has 2 aromatic rings. The summed E-state index contributed by atoms with van der Waals surface area (Å²) in [7, 11) is 1.76. The zero-order chi connectivity index (χ0) is 17.8. The second kappa shape index (κ2) is 7.57. The number of hydrogen-bond acceptors (Lipinski definition) is 2. The first kappa shape index (κ1) is 17.3. The zero-order valence-electron chi connectivity index (χ0n) is 14.1. The number of anilines is 1. The molecule has 0 radical (unpaired) electrons. The Labute approximate surface area is 152 Å². The first-order valence-electron chi connectivity index (χ1n) is 8.14. The summed E-state index contributed by atoms with van der Waals surface area (Å²) >= 11 is 5.89. The second-order valence-corrected chi connectivity index (χ2v) is 6.50. The molecule has 6 heteroatoms. The summed E-state index contributed by atoms with van der Waals surface area (Å²) in [6.07, 6.45) is 0. The SMILES string of the molecule is CN(Cc1ccccc1)C(=O)CN1CCN(c2ccc(Cl)cc2)C1=O. The van der Waals surface area contributed by atoms with Gasteiger partial charge in [-0.3, -0.25) is 9.69 Å². The maximum absolute atomic E-state index is 12.6. The van der Waals surface area contributed by atoms with Crippen LogP contribution in [-0.2, 0) is 11.3 Å². The molecule has 1 fully saturated rings. The van der Waals surface area contributed by atoms with Crippen LogP contribution in [0.25, 0.3) is 0 Å². The summed E-state index contributed by atoms with van der Waals surface area (Å²) in [5, 5.41) is 0.630. The lowest BCUT2D eigenvalue weighted by atomic mass is 10.2. The minimum atomic E-state index is -0.149. The number of carbonyl (C=O) groups is 2. The minimum absolute atomic E-state index is 0.0739. The van der Waals surface area contributed by atoms with Crippen molar-refractivity contribution in [3.8, 4) is 0 Å². The number of likely N-dealkylation sites (N-methyl/N-ethyl adjacent to an activating group) is 1. The van der Waals surface area contributed by atoms with E-state index in [2.05, 4.69) is 0 Å². The molecule has 1 heterocycles. The number of nitrogens with zero attached hydrogens (tertiary/aromatic N) is 3. The molecule has 1 aliphatic rings. The Morgan fingerprint density at radius 2 is 1.76 bits per heavy atom. The summed E-state index contributed by atoms with van der Waals surface area (Å²) in [6, 6.07) is 16.8. The van der Waals surface area contributed by atoms with Gasteiger partial charge in [-0.15, -0.1) is 0 Å². The molecule has 0 aliphatic carbocycles. The molecule has 0 unspecified atom stereocenters. The molecule has 0 bridgehead atoms. The third kappa shape index (κ3) is 4.12. The minimum Gasteiger partial charge on any atom is -0.340 e. The lowest BCUT2D eigenvalue weighted by Gasteiger charge is -2.22. The van der Waals surface area contributed by atoms with E-state index in [9.17, 15) is 9.59 Å². The van der Waals surface area contributed by atoms with Gasteiger partial charge in [0.05, 0.1) is 0 Å². The Hall–Kier alpha value is -2.53. The Morgan fingerprint density at radius 1 is 1.08 bits per heavy atom. The Morgan fingerprint density at radius 3 is 2.44 bits per heavy atom. The van der Waals surface area contributed by atoms with E-state index in [1.165, 1.54) is 0 Å². The number of hydrogen-bond donors (Lipinski definition) is 0. The molecule has 25 heavy (non-hydrogen) atoms. The third-order valence-electron chi connectivity index (χ3n) is 4.25. The van der Waals surface area contributed by atoms with Crippen LogP contribution < -0.4 is 4.90 Å². The fourth-order valence-electron chi connectivity index (χ4n) is 2.82. The molecule has 2 aromatic carbocycles. The highest BCUT2D eigenvalue weighted by molar-refractivity contribution is 6.30. The van der Waals surface area contributed by atoms with Crippen LogP contribution in [0.15, 0.2) is 54.6 Å². The van der Waals surface area contributed by atoms with Crippen LogP contribution in [0, 0.1) is 0 Å². The van der Waals surface area contributed by atoms with E-state index in [1.807, 2.05) is 42.5 Å². The van der Waals surface area contributed by atoms with Crippen molar-refractivity contribution in [2.75, 3.05) is 31.6 Å². The largest absolute Gasteiger partial charge is 0.340 e. The number of benzene rings is 2. The van der Waals surface area contributed by atoms with Crippen molar-refractivity contribution < 1.29 is 9.59 Å². The van der Waals surface area contributed by atoms with Gasteiger partial charge in [0.15, 0.2) is 0 Å². The quantitative estimate of drug-likeness (QED) is 0.824. The number of halogens is 1. The van der Waals surface area contributed by atoms with Gasteiger partial charge < -0.3 is 9.80 Å². The van der Waals surface area contributed by atoms with Gasteiger partial charge in [-0.25, -0.2) is 4.79 Å². The average Bonchev–Trinajstić information content (AvgIpc) is 2.97. The highest BCUT2D eigenvalue weighted by Gasteiger charge is 2.31. The summed E-state index contributed by atoms with van der Waals surface area (Å²) in [5.74, 6) is -0.0739. The molecule has 1 aliphatic heterocycles. The van der Waals surface area contributed by atoms with Gasteiger partial charge in [-0.2, -0.15) is 0 Å². The fourth-order valence-corrected chi connectivity index (χ4v) is 2.95. The molecule has 130 valence electrons. The maximum atomic E-state index is 12.6. The highest BCUT2D eigenvalue weighted by Crippen LogP contribution is 2.22. The number of carbonyl (C=O) groups excluding carboxylic acids is 2. The Balaban J connectivity index is 1.58. The van der Waals surface area contributed by atoms with E-state index < -0.39 is 0 Å². The predicted octanol–water partition coefficient (Wildman–Crippen LogP) is 3.24. The summed E-state index contributed by atoms with van der Waals surface area (Å²) < 4.78 is 0. The standard InChI is InChI=1S/C19H20ClN3O2/c1-21(13-15-5-3-2-4-6-15)18(24)14-22-11-12-23(19(22)25)17-9-7-16(20)8-10-17/h2-10H,11-14H2,1H3. The fraction of sp³-hybridized carbons (Fsp3) is 0.263. The summed E-state index contributed by atoms with van der Waals surface area (Å²) in [5.41, 5.74) is 1.86. The Kier molecular flexibility index (Phi) is 5.24. The van der Waals surface area contributed by atoms with Gasteiger partial charge in [-0.05, 0) is 29.8 Å². The molecule has 3 amide bonds. The van der Waals surface area contributed by atoms with Crippen LogP contribution in [0.2, 0.25) is 5.02 Å². The van der Waals surface area contributed by atoms with Crippen molar-refractivity contribution in [2.24, 2.45) is 0 Å². The monoisotopic (exact) mass is 357 g/mol. The van der Waals surface area contributed by atoms with Crippen LogP contribution >= 0.6 is 11.6 Å². The van der Waals surface area contributed by atoms with Crippen molar-refractivity contribution >= 4 is 29.2 Å². The van der Waals surface area contributed by atoms with Crippen LogP contribution in [-0.4, -0.2) is 48.4 Å². The van der Waals surface area contributed by atoms with E-state index in [0.717, 1.165) is 11.3 Å². The molecule has 1 saturated heterocycles. The number of rotatable bonds is 5. The second-order valence-electron chi connectivity index (χ2n) is 6.07. The maximum Gasteiger partial charge on any atom is 0.325 e. The average molecular weight is 358 g/mol. The van der Waals surface area contributed by atoms with Gasteiger partial charge in [0.25, 0.3) is 0 Å². The first-order valence-corrected chi connectivity index (χ1v) is 8.52. The van der Waals surface area contributed by atoms with E-state index >= 15 is 0 Å². The van der Waals surface area contributed by atoms with Crippen molar-refractivity contribution in [2.45, 2.75) is 6.54 Å². The molecule has 0 aromatic heterocycles. The number of amides is 3. The summed E-state index contributed by atoms with van der Waals surface area (Å²) in [4.78, 5) is 29.9. The van der Waals surface area contributed by atoms with Gasteiger partial charge in [0, 0.05) is 37.4 Å². The first-order chi connectivity index (χ1) is 12.0. The normalized spacial score (nSPS) is 14.1. The molecule has 5 nitrogen and oxygen atoms in total. The Bertz CT molecular complexity index is 749. The molecule has 0 spiro atoms.